The summed E-state index contributed by atoms with van der Waals surface area (Å²) in [4.78, 5) is 10.7. The predicted molar refractivity (Wildman–Crippen MR) is 98.5 cm³/mol. The largest absolute Gasteiger partial charge is 0.492 e. The van der Waals surface area contributed by atoms with E-state index in [1.54, 1.807) is 19.2 Å². The number of rotatable bonds is 6. The van der Waals surface area contributed by atoms with Crippen LogP contribution in [0.2, 0.25) is 0 Å². The van der Waals surface area contributed by atoms with Gasteiger partial charge in [-0.3, -0.25) is 4.79 Å². The first-order valence-electron chi connectivity index (χ1n) is 8.42. The summed E-state index contributed by atoms with van der Waals surface area (Å²) < 4.78 is 15.5. The molecule has 0 saturated heterocycles. The average Bonchev–Trinajstić information content (AvgIpc) is 3.02. The van der Waals surface area contributed by atoms with Gasteiger partial charge in [0.1, 0.15) is 11.5 Å². The van der Waals surface area contributed by atoms with Gasteiger partial charge in [0, 0.05) is 30.7 Å². The lowest BCUT2D eigenvalue weighted by Gasteiger charge is -2.07. The van der Waals surface area contributed by atoms with Crippen molar-refractivity contribution >= 4 is 5.97 Å². The molecule has 0 spiro atoms. The minimum Gasteiger partial charge on any atom is -0.492 e. The molecule has 6 heteroatoms. The van der Waals surface area contributed by atoms with Crippen LogP contribution in [0.5, 0.6) is 11.5 Å². The smallest absolute Gasteiger partial charge is 0.304 e. The summed E-state index contributed by atoms with van der Waals surface area (Å²) in [5, 5.41) is 8.77. The van der Waals surface area contributed by atoms with Crippen LogP contribution in [-0.4, -0.2) is 31.6 Å². The predicted octanol–water partition coefficient (Wildman–Crippen LogP) is 3.33. The molecule has 1 aliphatic heterocycles. The lowest BCUT2D eigenvalue weighted by atomic mass is 9.98. The normalized spacial score (nSPS) is 15.9. The van der Waals surface area contributed by atoms with E-state index in [1.165, 1.54) is 5.56 Å². The fourth-order valence-corrected chi connectivity index (χ4v) is 2.61. The Hall–Kier alpha value is -2.57. The Bertz CT molecular complexity index is 703. The van der Waals surface area contributed by atoms with Crippen molar-refractivity contribution in [1.82, 2.24) is 0 Å². The van der Waals surface area contributed by atoms with Gasteiger partial charge in [-0.05, 0) is 18.6 Å². The molecule has 0 radical (unpaired) electrons. The maximum atomic E-state index is 10.7. The summed E-state index contributed by atoms with van der Waals surface area (Å²) in [5.41, 5.74) is 7.73. The summed E-state index contributed by atoms with van der Waals surface area (Å²) in [7, 11) is 1.55. The van der Waals surface area contributed by atoms with E-state index >= 15 is 0 Å². The summed E-state index contributed by atoms with van der Waals surface area (Å²) in [6.45, 7) is 2.57. The first-order valence-corrected chi connectivity index (χ1v) is 8.42. The van der Waals surface area contributed by atoms with Crippen molar-refractivity contribution in [2.24, 2.45) is 5.73 Å². The first kappa shape index (κ1) is 19.8. The lowest BCUT2D eigenvalue weighted by molar-refractivity contribution is -0.137. The molecule has 6 nitrogen and oxygen atoms in total. The van der Waals surface area contributed by atoms with Crippen molar-refractivity contribution < 1.29 is 24.1 Å². The Morgan fingerprint density at radius 1 is 1.31 bits per heavy atom. The lowest BCUT2D eigenvalue weighted by Crippen LogP contribution is -2.07. The molecule has 140 valence electrons. The Kier molecular flexibility index (Phi) is 7.44. The van der Waals surface area contributed by atoms with Gasteiger partial charge >= 0.3 is 5.97 Å². The second-order valence-electron chi connectivity index (χ2n) is 6.06. The van der Waals surface area contributed by atoms with E-state index in [-0.39, 0.29) is 25.2 Å². The van der Waals surface area contributed by atoms with Crippen molar-refractivity contribution in [2.45, 2.75) is 25.3 Å². The first-order chi connectivity index (χ1) is 12.5. The minimum absolute atomic E-state index is 0.0704. The number of benzene rings is 2. The summed E-state index contributed by atoms with van der Waals surface area (Å²) in [6.07, 6.45) is 0.0886. The zero-order chi connectivity index (χ0) is 18.9. The van der Waals surface area contributed by atoms with Gasteiger partial charge in [0.05, 0.1) is 13.0 Å². The summed E-state index contributed by atoms with van der Waals surface area (Å²) in [6, 6.07) is 15.6. The molecule has 0 aliphatic carbocycles. The number of ether oxygens (including phenoxy) is 3. The molecule has 0 fully saturated rings. The Morgan fingerprint density at radius 2 is 2.04 bits per heavy atom. The van der Waals surface area contributed by atoms with Gasteiger partial charge in [-0.1, -0.05) is 36.4 Å². The molecule has 26 heavy (non-hydrogen) atoms. The number of carbonyl (C=O) groups is 1. The van der Waals surface area contributed by atoms with Crippen LogP contribution in [0.4, 0.5) is 0 Å². The van der Waals surface area contributed by atoms with Crippen LogP contribution in [0, 0.1) is 0 Å². The molecule has 0 saturated carbocycles. The zero-order valence-electron chi connectivity index (χ0n) is 15.1. The van der Waals surface area contributed by atoms with Crippen LogP contribution in [0.25, 0.3) is 0 Å². The number of hydrogen-bond donors (Lipinski definition) is 2. The molecule has 1 aliphatic rings. The minimum atomic E-state index is -0.814. The van der Waals surface area contributed by atoms with Crippen molar-refractivity contribution in [2.75, 3.05) is 20.5 Å². The van der Waals surface area contributed by atoms with E-state index in [0.717, 1.165) is 5.56 Å². The van der Waals surface area contributed by atoms with E-state index in [1.807, 2.05) is 43.3 Å². The van der Waals surface area contributed by atoms with Crippen molar-refractivity contribution in [1.29, 1.82) is 0 Å². The highest BCUT2D eigenvalue weighted by atomic mass is 16.7. The molecule has 2 aromatic rings. The number of hydrogen-bond acceptors (Lipinski definition) is 5. The number of nitrogens with two attached hydrogens (primary N) is 1. The SMILES string of the molecule is COCOc1ccc2c(c1)OC[C@@H]2CC(=O)O.C[C@@H](N)c1ccccc1. The van der Waals surface area contributed by atoms with Crippen LogP contribution in [0.3, 0.4) is 0 Å². The van der Waals surface area contributed by atoms with E-state index in [0.29, 0.717) is 18.1 Å². The molecular weight excluding hydrogens is 334 g/mol. The van der Waals surface area contributed by atoms with E-state index in [9.17, 15) is 4.79 Å². The van der Waals surface area contributed by atoms with Crippen molar-refractivity contribution in [3.05, 3.63) is 59.7 Å². The highest BCUT2D eigenvalue weighted by Gasteiger charge is 2.26. The standard InChI is InChI=1S/C12H14O5.C8H11N/c1-15-7-17-9-2-3-10-8(4-12(13)14)6-16-11(10)5-9;1-7(9)8-5-3-2-4-6-8/h2-3,5,8H,4,6-7H2,1H3,(H,13,14);2-7H,9H2,1H3/t8-;7-/m01/s1. The van der Waals surface area contributed by atoms with Crippen molar-refractivity contribution in [3.8, 4) is 11.5 Å². The molecule has 3 rings (SSSR count). The third-order valence-electron chi connectivity index (χ3n) is 3.95. The maximum Gasteiger partial charge on any atom is 0.304 e. The highest BCUT2D eigenvalue weighted by Crippen LogP contribution is 2.38. The second kappa shape index (κ2) is 9.79. The van der Waals surface area contributed by atoms with E-state index in [2.05, 4.69) is 0 Å². The molecule has 0 bridgehead atoms. The summed E-state index contributed by atoms with van der Waals surface area (Å²) >= 11 is 0. The molecule has 2 aromatic carbocycles. The van der Waals surface area contributed by atoms with Crippen LogP contribution in [-0.2, 0) is 9.53 Å². The third kappa shape index (κ3) is 5.75. The highest BCUT2D eigenvalue weighted by molar-refractivity contribution is 5.68. The van der Waals surface area contributed by atoms with E-state index in [4.69, 9.17) is 25.1 Å². The van der Waals surface area contributed by atoms with Gasteiger partial charge in [-0.25, -0.2) is 0 Å². The number of fused-ring (bicyclic) bond motifs is 1. The maximum absolute atomic E-state index is 10.7. The molecule has 1 heterocycles. The van der Waals surface area contributed by atoms with Gasteiger partial charge < -0.3 is 25.1 Å². The summed E-state index contributed by atoms with van der Waals surface area (Å²) in [5.74, 6) is 0.469. The average molecular weight is 359 g/mol. The van der Waals surface area contributed by atoms with Gasteiger partial charge in [-0.2, -0.15) is 0 Å². The zero-order valence-corrected chi connectivity index (χ0v) is 15.1. The molecule has 0 amide bonds. The monoisotopic (exact) mass is 359 g/mol. The number of carboxylic acid groups (broad SMARTS) is 1. The van der Waals surface area contributed by atoms with Crippen LogP contribution in [0.15, 0.2) is 48.5 Å². The van der Waals surface area contributed by atoms with Crippen LogP contribution in [0.1, 0.15) is 36.4 Å². The fraction of sp³-hybridized carbons (Fsp3) is 0.350. The van der Waals surface area contributed by atoms with Gasteiger partial charge in [0.15, 0.2) is 6.79 Å². The number of carboxylic acids is 1. The van der Waals surface area contributed by atoms with Gasteiger partial charge in [0.25, 0.3) is 0 Å². The topological polar surface area (TPSA) is 91.0 Å². The molecule has 0 unspecified atom stereocenters. The van der Waals surface area contributed by atoms with Crippen molar-refractivity contribution in [3.63, 3.8) is 0 Å². The van der Waals surface area contributed by atoms with Gasteiger partial charge in [-0.15, -0.1) is 0 Å². The fourth-order valence-electron chi connectivity index (χ4n) is 2.61. The Morgan fingerprint density at radius 3 is 2.62 bits per heavy atom. The third-order valence-corrected chi connectivity index (χ3v) is 3.95. The quantitative estimate of drug-likeness (QED) is 0.769. The Balaban J connectivity index is 0.000000228. The molecular formula is C20H25NO5. The van der Waals surface area contributed by atoms with Crippen LogP contribution >= 0.6 is 0 Å². The van der Waals surface area contributed by atoms with E-state index < -0.39 is 5.97 Å². The second-order valence-corrected chi connectivity index (χ2v) is 6.06. The molecule has 0 aromatic heterocycles. The molecule has 2 atom stereocenters. The van der Waals surface area contributed by atoms with Crippen LogP contribution < -0.4 is 15.2 Å². The number of methoxy groups -OCH3 is 1. The van der Waals surface area contributed by atoms with Gasteiger partial charge in [0.2, 0.25) is 0 Å². The Labute approximate surface area is 153 Å². The number of aliphatic carboxylic acids is 1. The molecule has 3 N–H and O–H groups in total.